The zero-order valence-corrected chi connectivity index (χ0v) is 19.6. The highest BCUT2D eigenvalue weighted by atomic mass is 79.9. The molecule has 0 fully saturated rings. The van der Waals surface area contributed by atoms with E-state index < -0.39 is 0 Å². The summed E-state index contributed by atoms with van der Waals surface area (Å²) in [5.74, 6) is 0.931. The molecule has 8 heteroatoms. The van der Waals surface area contributed by atoms with Crippen LogP contribution in [0.1, 0.15) is 23.0 Å². The van der Waals surface area contributed by atoms with Crippen molar-refractivity contribution in [3.05, 3.63) is 71.5 Å². The largest absolute Gasteiger partial charge is 0.363 e. The van der Waals surface area contributed by atoms with Crippen LogP contribution in [-0.2, 0) is 17.8 Å². The average Bonchev–Trinajstić information content (AvgIpc) is 3.14. The second kappa shape index (κ2) is 6.51. The van der Waals surface area contributed by atoms with Crippen molar-refractivity contribution >= 4 is 63.7 Å². The number of ether oxygens (including phenoxy) is 1. The molecule has 0 bridgehead atoms. The topological polar surface area (TPSA) is 30.9 Å². The minimum absolute atomic E-state index is 0.159. The van der Waals surface area contributed by atoms with E-state index in [-0.39, 0.29) is 12.1 Å². The van der Waals surface area contributed by atoms with Gasteiger partial charge in [-0.05, 0) is 67.3 Å². The van der Waals surface area contributed by atoms with Crippen molar-refractivity contribution in [1.82, 2.24) is 9.78 Å². The van der Waals surface area contributed by atoms with Gasteiger partial charge in [-0.25, -0.2) is 4.57 Å². The van der Waals surface area contributed by atoms with E-state index in [1.54, 1.807) is 0 Å². The monoisotopic (exact) mass is 602 g/mol. The van der Waals surface area contributed by atoms with Gasteiger partial charge in [-0.2, -0.15) is 0 Å². The maximum absolute atomic E-state index is 6.14. The molecule has 0 spiro atoms. The molecule has 0 N–H and O–H groups in total. The van der Waals surface area contributed by atoms with E-state index in [0.717, 1.165) is 35.8 Å². The normalized spacial score (nSPS) is 20.6. The lowest BCUT2D eigenvalue weighted by atomic mass is 10.1. The molecule has 0 saturated carbocycles. The van der Waals surface area contributed by atoms with Crippen LogP contribution in [0.15, 0.2) is 54.6 Å². The minimum Gasteiger partial charge on any atom is -0.363 e. The molecule has 2 atom stereocenters. The van der Waals surface area contributed by atoms with Crippen LogP contribution in [0.2, 0.25) is 0 Å². The van der Waals surface area contributed by atoms with E-state index in [9.17, 15) is 0 Å². The fourth-order valence-electron chi connectivity index (χ4n) is 3.80. The summed E-state index contributed by atoms with van der Waals surface area (Å²) in [6.07, 6.45) is 3.17. The first kappa shape index (κ1) is 17.6. The number of hydrogen-bond donors (Lipinski definition) is 0. The highest BCUT2D eigenvalue weighted by Crippen LogP contribution is 2.38. The predicted molar refractivity (Wildman–Crippen MR) is 111 cm³/mol. The number of fused-ring (bicyclic) bond motifs is 5. The third-order valence-corrected chi connectivity index (χ3v) is 7.05. The van der Waals surface area contributed by atoms with Crippen LogP contribution < -0.4 is 4.57 Å². The first-order valence-electron chi connectivity index (χ1n) is 8.06. The van der Waals surface area contributed by atoms with Crippen LogP contribution in [0.25, 0.3) is 5.69 Å². The summed E-state index contributed by atoms with van der Waals surface area (Å²) in [7, 11) is 0. The van der Waals surface area contributed by atoms with Gasteiger partial charge in [0.2, 0.25) is 6.33 Å². The van der Waals surface area contributed by atoms with Crippen LogP contribution in [-0.4, -0.2) is 15.9 Å². The van der Waals surface area contributed by atoms with Gasteiger partial charge < -0.3 is 4.74 Å². The van der Waals surface area contributed by atoms with Gasteiger partial charge in [-0.3, -0.25) is 0 Å². The highest BCUT2D eigenvalue weighted by Gasteiger charge is 2.43. The molecule has 0 saturated heterocycles. The molecule has 1 aliphatic heterocycles. The first-order valence-corrected chi connectivity index (χ1v) is 11.2. The first-order chi connectivity index (χ1) is 12.5. The SMILES string of the molecule is Brc1cc(Br)c(-n2c[n+]3c(n2)CO[C@H]2Cc4ccc(Br)cc4[C@H]23)c(Br)c1. The predicted octanol–water partition coefficient (Wildman–Crippen LogP) is 5.25. The lowest BCUT2D eigenvalue weighted by molar-refractivity contribution is -0.739. The maximum atomic E-state index is 6.14. The molecule has 3 aromatic rings. The summed E-state index contributed by atoms with van der Waals surface area (Å²) in [5, 5.41) is 4.80. The smallest absolute Gasteiger partial charge is 0.304 e. The van der Waals surface area contributed by atoms with Crippen molar-refractivity contribution < 1.29 is 9.30 Å². The molecule has 2 aliphatic rings. The highest BCUT2D eigenvalue weighted by molar-refractivity contribution is 9.11. The molecular formula is C18H12Br4N3O+. The van der Waals surface area contributed by atoms with E-state index in [2.05, 4.69) is 92.8 Å². The number of rotatable bonds is 1. The molecule has 0 radical (unpaired) electrons. The molecular weight excluding hydrogens is 594 g/mol. The fraction of sp³-hybridized carbons (Fsp3) is 0.222. The van der Waals surface area contributed by atoms with Crippen LogP contribution in [0, 0.1) is 0 Å². The van der Waals surface area contributed by atoms with Crippen LogP contribution in [0.5, 0.6) is 0 Å². The second-order valence-corrected chi connectivity index (χ2v) is 9.98. The average molecular weight is 606 g/mol. The van der Waals surface area contributed by atoms with E-state index >= 15 is 0 Å². The van der Waals surface area contributed by atoms with Gasteiger partial charge in [-0.15, -0.1) is 0 Å². The quantitative estimate of drug-likeness (QED) is 0.355. The summed E-state index contributed by atoms with van der Waals surface area (Å²) >= 11 is 14.4. The summed E-state index contributed by atoms with van der Waals surface area (Å²) in [6.45, 7) is 0.523. The van der Waals surface area contributed by atoms with Gasteiger partial charge in [-0.1, -0.05) is 42.6 Å². The number of benzene rings is 2. The van der Waals surface area contributed by atoms with Gasteiger partial charge in [0.1, 0.15) is 18.8 Å². The number of nitrogens with zero attached hydrogens (tertiary/aromatic N) is 3. The Balaban J connectivity index is 1.65. The third-order valence-electron chi connectivity index (χ3n) is 4.89. The van der Waals surface area contributed by atoms with Crippen molar-refractivity contribution in [2.75, 3.05) is 0 Å². The van der Waals surface area contributed by atoms with Gasteiger partial charge >= 0.3 is 5.82 Å². The molecule has 2 aromatic carbocycles. The number of halogens is 4. The molecule has 0 amide bonds. The lowest BCUT2D eigenvalue weighted by Crippen LogP contribution is -2.51. The van der Waals surface area contributed by atoms with Crippen molar-refractivity contribution in [2.24, 2.45) is 0 Å². The van der Waals surface area contributed by atoms with Crippen molar-refractivity contribution in [3.63, 3.8) is 0 Å². The Bertz CT molecular complexity index is 1030. The lowest BCUT2D eigenvalue weighted by Gasteiger charge is -2.23. The van der Waals surface area contributed by atoms with E-state index in [1.165, 1.54) is 11.1 Å². The molecule has 132 valence electrons. The van der Waals surface area contributed by atoms with Gasteiger partial charge in [0.05, 0.1) is 8.95 Å². The molecule has 26 heavy (non-hydrogen) atoms. The second-order valence-electron chi connectivity index (χ2n) is 6.44. The van der Waals surface area contributed by atoms with Gasteiger partial charge in [0, 0.05) is 20.5 Å². The van der Waals surface area contributed by atoms with Crippen LogP contribution in [0.4, 0.5) is 0 Å². The number of hydrogen-bond acceptors (Lipinski definition) is 2. The Kier molecular flexibility index (Phi) is 4.40. The van der Waals surface area contributed by atoms with Crippen molar-refractivity contribution in [3.8, 4) is 5.69 Å². The Morgan fingerprint density at radius 3 is 2.58 bits per heavy atom. The maximum Gasteiger partial charge on any atom is 0.304 e. The summed E-state index contributed by atoms with van der Waals surface area (Å²) in [5.41, 5.74) is 3.63. The zero-order chi connectivity index (χ0) is 18.0. The number of aromatic nitrogens is 3. The van der Waals surface area contributed by atoms with E-state index in [0.29, 0.717) is 6.61 Å². The zero-order valence-electron chi connectivity index (χ0n) is 13.3. The molecule has 5 rings (SSSR count). The molecule has 1 aromatic heterocycles. The van der Waals surface area contributed by atoms with Crippen molar-refractivity contribution in [1.29, 1.82) is 0 Å². The fourth-order valence-corrected chi connectivity index (χ4v) is 6.80. The Morgan fingerprint density at radius 2 is 1.81 bits per heavy atom. The van der Waals surface area contributed by atoms with Gasteiger partial charge in [0.25, 0.3) is 0 Å². The third kappa shape index (κ3) is 2.76. The Morgan fingerprint density at radius 1 is 1.04 bits per heavy atom. The summed E-state index contributed by atoms with van der Waals surface area (Å²) in [4.78, 5) is 0. The van der Waals surface area contributed by atoms with Crippen molar-refractivity contribution in [2.45, 2.75) is 25.2 Å². The van der Waals surface area contributed by atoms with E-state index in [1.807, 2.05) is 16.8 Å². The Hall–Kier alpha value is -0.540. The summed E-state index contributed by atoms with van der Waals surface area (Å²) in [6, 6.07) is 10.7. The van der Waals surface area contributed by atoms with Crippen LogP contribution >= 0.6 is 63.7 Å². The Labute approximate surface area is 184 Å². The minimum atomic E-state index is 0.159. The molecule has 2 heterocycles. The van der Waals surface area contributed by atoms with E-state index in [4.69, 9.17) is 9.84 Å². The molecule has 0 unspecified atom stereocenters. The van der Waals surface area contributed by atoms with Crippen LogP contribution in [0.3, 0.4) is 0 Å². The molecule has 1 aliphatic carbocycles. The standard InChI is InChI=1S/C18H12Br4N3O/c19-10-2-1-9-3-15-17(12(9)4-10)24-8-25(23-16(24)7-26-15)18-13(21)5-11(20)6-14(18)22/h1-2,4-6,8,15,17H,3,7H2/q+1/t15-,17+/m0/s1. The summed E-state index contributed by atoms with van der Waals surface area (Å²) < 4.78 is 14.3. The molecule has 4 nitrogen and oxygen atoms in total. The van der Waals surface area contributed by atoms with Gasteiger partial charge in [0.15, 0.2) is 5.69 Å².